The van der Waals surface area contributed by atoms with Crippen molar-refractivity contribution in [3.63, 3.8) is 0 Å². The minimum atomic E-state index is 0.585. The minimum Gasteiger partial charge on any atom is -0.493 e. The van der Waals surface area contributed by atoms with Crippen LogP contribution in [0, 0.1) is 0 Å². The number of allylic oxidation sites excluding steroid dienone is 1. The molecular weight excluding hydrogens is 366 g/mol. The summed E-state index contributed by atoms with van der Waals surface area (Å²) in [5.74, 6) is 2.54. The molecule has 1 aromatic heterocycles. The normalized spacial score (nSPS) is 10.7. The maximum atomic E-state index is 5.87. The Morgan fingerprint density at radius 1 is 1.08 bits per heavy atom. The second-order valence-corrected chi connectivity index (χ2v) is 7.11. The Kier molecular flexibility index (Phi) is 6.75. The molecule has 0 aliphatic carbocycles. The van der Waals surface area contributed by atoms with E-state index < -0.39 is 0 Å². The molecule has 0 amide bonds. The molecule has 0 saturated carbocycles. The number of rotatable bonds is 9. The first kappa shape index (κ1) is 18.5. The van der Waals surface area contributed by atoms with Crippen molar-refractivity contribution in [1.82, 2.24) is 14.8 Å². The molecule has 0 N–H and O–H groups in total. The van der Waals surface area contributed by atoms with Gasteiger partial charge in [0.15, 0.2) is 5.16 Å². The summed E-state index contributed by atoms with van der Waals surface area (Å²) in [5, 5.41) is 10.3. The van der Waals surface area contributed by atoms with Gasteiger partial charge in [-0.2, -0.15) is 0 Å². The van der Waals surface area contributed by atoms with Gasteiger partial charge in [-0.1, -0.05) is 59.8 Å². The zero-order valence-corrected chi connectivity index (χ0v) is 15.9. The number of benzene rings is 2. The fraction of sp³-hybridized carbons (Fsp3) is 0.200. The first-order chi connectivity index (χ1) is 12.8. The van der Waals surface area contributed by atoms with Gasteiger partial charge in [-0.25, -0.2) is 0 Å². The van der Waals surface area contributed by atoms with Crippen molar-refractivity contribution in [2.75, 3.05) is 12.4 Å². The third-order valence-electron chi connectivity index (χ3n) is 3.71. The van der Waals surface area contributed by atoms with Gasteiger partial charge in [-0.3, -0.25) is 0 Å². The van der Waals surface area contributed by atoms with E-state index in [2.05, 4.69) is 33.5 Å². The average Bonchev–Trinajstić information content (AvgIpc) is 3.03. The summed E-state index contributed by atoms with van der Waals surface area (Å²) in [6, 6.07) is 17.7. The molecule has 0 spiro atoms. The molecular formula is C20H20ClN3OS. The summed E-state index contributed by atoms with van der Waals surface area (Å²) in [6.07, 6.45) is 2.62. The molecule has 6 heteroatoms. The van der Waals surface area contributed by atoms with Crippen LogP contribution in [-0.4, -0.2) is 27.1 Å². The molecule has 0 radical (unpaired) electrons. The van der Waals surface area contributed by atoms with Crippen LogP contribution in [0.4, 0.5) is 0 Å². The first-order valence-corrected chi connectivity index (χ1v) is 9.70. The highest BCUT2D eigenvalue weighted by Crippen LogP contribution is 2.20. The van der Waals surface area contributed by atoms with Crippen LogP contribution in [0.25, 0.3) is 0 Å². The second kappa shape index (κ2) is 9.46. The maximum Gasteiger partial charge on any atom is 0.191 e. The maximum absolute atomic E-state index is 5.87. The molecule has 2 aromatic carbocycles. The van der Waals surface area contributed by atoms with E-state index >= 15 is 0 Å². The van der Waals surface area contributed by atoms with Crippen molar-refractivity contribution >= 4 is 23.4 Å². The molecule has 3 rings (SSSR count). The lowest BCUT2D eigenvalue weighted by molar-refractivity contribution is 0.344. The monoisotopic (exact) mass is 385 g/mol. The van der Waals surface area contributed by atoms with Gasteiger partial charge in [0, 0.05) is 23.7 Å². The number of aromatic nitrogens is 3. The number of nitrogens with zero attached hydrogens (tertiary/aromatic N) is 3. The number of ether oxygens (including phenoxy) is 1. The molecule has 26 heavy (non-hydrogen) atoms. The van der Waals surface area contributed by atoms with Crippen LogP contribution in [0.2, 0.25) is 5.02 Å². The molecule has 4 nitrogen and oxygen atoms in total. The fourth-order valence-electron chi connectivity index (χ4n) is 2.47. The summed E-state index contributed by atoms with van der Waals surface area (Å²) >= 11 is 7.51. The van der Waals surface area contributed by atoms with E-state index in [0.29, 0.717) is 18.2 Å². The van der Waals surface area contributed by atoms with Crippen LogP contribution in [0.15, 0.2) is 72.4 Å². The van der Waals surface area contributed by atoms with Crippen molar-refractivity contribution in [3.8, 4) is 5.75 Å². The lowest BCUT2D eigenvalue weighted by Gasteiger charge is -2.08. The lowest BCUT2D eigenvalue weighted by atomic mass is 10.1. The number of thioether (sulfide) groups is 1. The number of halogens is 1. The lowest BCUT2D eigenvalue weighted by Crippen LogP contribution is -2.06. The van der Waals surface area contributed by atoms with Gasteiger partial charge >= 0.3 is 0 Å². The molecule has 0 atom stereocenters. The standard InChI is InChI=1S/C20H20ClN3OS/c1-2-12-24-19(15-16-6-4-3-5-7-16)22-23-20(24)26-14-13-25-18-10-8-17(21)9-11-18/h2-11H,1,12-15H2. The van der Waals surface area contributed by atoms with Crippen molar-refractivity contribution in [3.05, 3.63) is 83.7 Å². The van der Waals surface area contributed by atoms with E-state index in [-0.39, 0.29) is 0 Å². The first-order valence-electron chi connectivity index (χ1n) is 8.34. The van der Waals surface area contributed by atoms with Crippen LogP contribution < -0.4 is 4.74 Å². The smallest absolute Gasteiger partial charge is 0.191 e. The van der Waals surface area contributed by atoms with Gasteiger partial charge < -0.3 is 9.30 Å². The predicted molar refractivity (Wildman–Crippen MR) is 107 cm³/mol. The van der Waals surface area contributed by atoms with E-state index in [0.717, 1.165) is 28.9 Å². The fourth-order valence-corrected chi connectivity index (χ4v) is 3.38. The van der Waals surface area contributed by atoms with Crippen LogP contribution in [0.3, 0.4) is 0 Å². The SMILES string of the molecule is C=CCn1c(Cc2ccccc2)nnc1SCCOc1ccc(Cl)cc1. The molecule has 3 aromatic rings. The molecule has 0 aliphatic heterocycles. The van der Waals surface area contributed by atoms with Gasteiger partial charge in [0.2, 0.25) is 0 Å². The largest absolute Gasteiger partial charge is 0.493 e. The van der Waals surface area contributed by atoms with Crippen LogP contribution in [0.5, 0.6) is 5.75 Å². The third-order valence-corrected chi connectivity index (χ3v) is 4.89. The van der Waals surface area contributed by atoms with Crippen molar-refractivity contribution in [2.24, 2.45) is 0 Å². The second-order valence-electron chi connectivity index (χ2n) is 5.61. The zero-order valence-electron chi connectivity index (χ0n) is 14.3. The van der Waals surface area contributed by atoms with Crippen LogP contribution in [-0.2, 0) is 13.0 Å². The zero-order chi connectivity index (χ0) is 18.2. The van der Waals surface area contributed by atoms with Gasteiger partial charge in [-0.15, -0.1) is 16.8 Å². The summed E-state index contributed by atoms with van der Waals surface area (Å²) in [6.45, 7) is 5.12. The topological polar surface area (TPSA) is 39.9 Å². The van der Waals surface area contributed by atoms with E-state index in [1.54, 1.807) is 11.8 Å². The molecule has 134 valence electrons. The van der Waals surface area contributed by atoms with Crippen molar-refractivity contribution < 1.29 is 4.74 Å². The van der Waals surface area contributed by atoms with Gasteiger partial charge in [0.05, 0.1) is 6.61 Å². The summed E-state index contributed by atoms with van der Waals surface area (Å²) < 4.78 is 7.83. The van der Waals surface area contributed by atoms with E-state index in [9.17, 15) is 0 Å². The molecule has 0 fully saturated rings. The highest BCUT2D eigenvalue weighted by Gasteiger charge is 2.12. The van der Waals surface area contributed by atoms with Gasteiger partial charge in [0.1, 0.15) is 11.6 Å². The molecule has 0 aliphatic rings. The average molecular weight is 386 g/mol. The number of hydrogen-bond donors (Lipinski definition) is 0. The summed E-state index contributed by atoms with van der Waals surface area (Å²) in [5.41, 5.74) is 1.22. The Morgan fingerprint density at radius 3 is 2.58 bits per heavy atom. The van der Waals surface area contributed by atoms with Crippen molar-refractivity contribution in [1.29, 1.82) is 0 Å². The Bertz CT molecular complexity index is 834. The predicted octanol–water partition coefficient (Wildman–Crippen LogP) is 4.88. The number of hydrogen-bond acceptors (Lipinski definition) is 4. The molecule has 0 unspecified atom stereocenters. The molecule has 0 saturated heterocycles. The Balaban J connectivity index is 1.58. The Labute approximate surface area is 162 Å². The third kappa shape index (κ3) is 5.13. The molecule has 0 bridgehead atoms. The quantitative estimate of drug-likeness (QED) is 0.299. The van der Waals surface area contributed by atoms with E-state index in [4.69, 9.17) is 16.3 Å². The van der Waals surface area contributed by atoms with Crippen molar-refractivity contribution in [2.45, 2.75) is 18.1 Å². The minimum absolute atomic E-state index is 0.585. The highest BCUT2D eigenvalue weighted by molar-refractivity contribution is 7.99. The Hall–Kier alpha value is -2.24. The van der Waals surface area contributed by atoms with E-state index in [1.807, 2.05) is 48.5 Å². The van der Waals surface area contributed by atoms with E-state index in [1.165, 1.54) is 5.56 Å². The highest BCUT2D eigenvalue weighted by atomic mass is 35.5. The summed E-state index contributed by atoms with van der Waals surface area (Å²) in [4.78, 5) is 0. The summed E-state index contributed by atoms with van der Waals surface area (Å²) in [7, 11) is 0. The van der Waals surface area contributed by atoms with Crippen LogP contribution in [0.1, 0.15) is 11.4 Å². The van der Waals surface area contributed by atoms with Crippen LogP contribution >= 0.6 is 23.4 Å². The molecule has 1 heterocycles. The van der Waals surface area contributed by atoms with Gasteiger partial charge in [-0.05, 0) is 29.8 Å². The Morgan fingerprint density at radius 2 is 1.85 bits per heavy atom. The van der Waals surface area contributed by atoms with Gasteiger partial charge in [0.25, 0.3) is 0 Å².